The predicted molar refractivity (Wildman–Crippen MR) is 74.9 cm³/mol. The van der Waals surface area contributed by atoms with E-state index in [0.717, 1.165) is 24.3 Å². The Bertz CT molecular complexity index is 618. The first-order valence-electron chi connectivity index (χ1n) is 6.14. The zero-order chi connectivity index (χ0) is 12.5. The first-order valence-corrected chi connectivity index (χ1v) is 6.14. The fourth-order valence-corrected chi connectivity index (χ4v) is 2.34. The minimum Gasteiger partial charge on any atom is -0.297 e. The highest BCUT2D eigenvalue weighted by Gasteiger charge is 2.11. The van der Waals surface area contributed by atoms with Crippen LogP contribution in [0.4, 0.5) is 5.69 Å². The summed E-state index contributed by atoms with van der Waals surface area (Å²) in [6, 6.07) is 6.21. The summed E-state index contributed by atoms with van der Waals surface area (Å²) in [6.45, 7) is 6.02. The van der Waals surface area contributed by atoms with E-state index in [9.17, 15) is 0 Å². The van der Waals surface area contributed by atoms with Gasteiger partial charge in [0.15, 0.2) is 0 Å². The lowest BCUT2D eigenvalue weighted by molar-refractivity contribution is 0.556. The molecule has 0 atom stereocenters. The fraction of sp³-hybridized carbons (Fsp3) is 0.286. The van der Waals surface area contributed by atoms with Gasteiger partial charge in [0.05, 0.1) is 24.3 Å². The number of nitrogens with zero attached hydrogens (tertiary/aromatic N) is 3. The fourth-order valence-electron chi connectivity index (χ4n) is 2.34. The van der Waals surface area contributed by atoms with Gasteiger partial charge in [0, 0.05) is 11.6 Å². The molecule has 0 saturated carbocycles. The molecular weight excluding hydrogens is 224 g/mol. The van der Waals surface area contributed by atoms with Gasteiger partial charge >= 0.3 is 0 Å². The van der Waals surface area contributed by atoms with Crippen LogP contribution in [0.3, 0.4) is 0 Å². The lowest BCUT2D eigenvalue weighted by Gasteiger charge is -2.21. The number of rotatable bonds is 2. The molecule has 0 amide bonds. The van der Waals surface area contributed by atoms with Crippen LogP contribution in [0.1, 0.15) is 11.1 Å². The molecule has 1 aromatic heterocycles. The van der Waals surface area contributed by atoms with Crippen molar-refractivity contribution in [3.63, 3.8) is 0 Å². The average molecular weight is 240 g/mol. The van der Waals surface area contributed by atoms with E-state index in [1.54, 1.807) is 0 Å². The van der Waals surface area contributed by atoms with Gasteiger partial charge in [-0.1, -0.05) is 6.07 Å². The number of aliphatic imine (C=N–C) groups is 1. The van der Waals surface area contributed by atoms with Crippen molar-refractivity contribution in [1.29, 1.82) is 0 Å². The third-order valence-electron chi connectivity index (χ3n) is 3.31. The summed E-state index contributed by atoms with van der Waals surface area (Å²) in [4.78, 5) is 8.62. The molecule has 0 unspecified atom stereocenters. The Hall–Kier alpha value is -2.10. The van der Waals surface area contributed by atoms with Gasteiger partial charge in [0.2, 0.25) is 0 Å². The number of fused-ring (bicyclic) bond motifs is 1. The van der Waals surface area contributed by atoms with E-state index in [-0.39, 0.29) is 0 Å². The Labute approximate surface area is 106 Å². The molecule has 0 radical (unpaired) electrons. The number of aromatic nitrogens is 1. The Kier molecular flexibility index (Phi) is 2.63. The van der Waals surface area contributed by atoms with Gasteiger partial charge in [-0.25, -0.2) is 0 Å². The molecule has 1 N–H and O–H groups in total. The number of anilines is 1. The number of pyridine rings is 1. The number of hydrogen-bond acceptors (Lipinski definition) is 4. The quantitative estimate of drug-likeness (QED) is 0.877. The van der Waals surface area contributed by atoms with E-state index in [0.29, 0.717) is 0 Å². The SMILES string of the molecule is Cc1cc2ncccc2c(C)c1NN1C=NCC1. The first-order chi connectivity index (χ1) is 8.75. The van der Waals surface area contributed by atoms with Crippen LogP contribution in [0.5, 0.6) is 0 Å². The highest BCUT2D eigenvalue weighted by atomic mass is 15.5. The van der Waals surface area contributed by atoms with Crippen molar-refractivity contribution in [2.45, 2.75) is 13.8 Å². The predicted octanol–water partition coefficient (Wildman–Crippen LogP) is 2.52. The van der Waals surface area contributed by atoms with Crippen LogP contribution in [-0.4, -0.2) is 29.4 Å². The molecule has 0 bridgehead atoms. The molecule has 1 aromatic carbocycles. The smallest absolute Gasteiger partial charge is 0.104 e. The maximum absolute atomic E-state index is 4.41. The van der Waals surface area contributed by atoms with E-state index in [4.69, 9.17) is 0 Å². The number of nitrogens with one attached hydrogen (secondary N) is 1. The summed E-state index contributed by atoms with van der Waals surface area (Å²) in [6.07, 6.45) is 3.69. The molecule has 92 valence electrons. The molecule has 2 heterocycles. The Morgan fingerprint density at radius 2 is 2.22 bits per heavy atom. The van der Waals surface area contributed by atoms with Gasteiger partial charge in [-0.2, -0.15) is 0 Å². The van der Waals surface area contributed by atoms with E-state index in [1.165, 1.54) is 16.5 Å². The van der Waals surface area contributed by atoms with Gasteiger partial charge in [0.1, 0.15) is 6.34 Å². The summed E-state index contributed by atoms with van der Waals surface area (Å²) in [5, 5.41) is 3.22. The van der Waals surface area contributed by atoms with Gasteiger partial charge in [0.25, 0.3) is 0 Å². The monoisotopic (exact) mass is 240 g/mol. The summed E-state index contributed by atoms with van der Waals surface area (Å²) in [5.74, 6) is 0. The largest absolute Gasteiger partial charge is 0.297 e. The van der Waals surface area contributed by atoms with Crippen LogP contribution >= 0.6 is 0 Å². The van der Waals surface area contributed by atoms with Crippen LogP contribution in [0, 0.1) is 13.8 Å². The number of benzene rings is 1. The summed E-state index contributed by atoms with van der Waals surface area (Å²) in [7, 11) is 0. The molecule has 0 fully saturated rings. The lowest BCUT2D eigenvalue weighted by Crippen LogP contribution is -2.27. The molecule has 2 aromatic rings. The van der Waals surface area contributed by atoms with Crippen LogP contribution in [0.2, 0.25) is 0 Å². The maximum atomic E-state index is 4.41. The number of hydrazine groups is 1. The normalized spacial score (nSPS) is 14.4. The standard InChI is InChI=1S/C14H16N4/c1-10-8-13-12(4-3-5-16-13)11(2)14(10)17-18-7-6-15-9-18/h3-5,8-9,17H,6-7H2,1-2H3. The van der Waals surface area contributed by atoms with Crippen LogP contribution in [0.25, 0.3) is 10.9 Å². The van der Waals surface area contributed by atoms with Gasteiger partial charge < -0.3 is 0 Å². The molecule has 0 aliphatic carbocycles. The van der Waals surface area contributed by atoms with Crippen LogP contribution in [-0.2, 0) is 0 Å². The van der Waals surface area contributed by atoms with Crippen molar-refractivity contribution >= 4 is 22.9 Å². The molecule has 4 nitrogen and oxygen atoms in total. The molecule has 0 spiro atoms. The summed E-state index contributed by atoms with van der Waals surface area (Å²) in [5.41, 5.74) is 8.07. The second-order valence-corrected chi connectivity index (χ2v) is 4.59. The second kappa shape index (κ2) is 4.29. The maximum Gasteiger partial charge on any atom is 0.104 e. The highest BCUT2D eigenvalue weighted by Crippen LogP contribution is 2.28. The van der Waals surface area contributed by atoms with Crippen molar-refractivity contribution in [3.8, 4) is 0 Å². The molecule has 18 heavy (non-hydrogen) atoms. The molecular formula is C14H16N4. The lowest BCUT2D eigenvalue weighted by atomic mass is 10.0. The molecule has 0 saturated heterocycles. The number of hydrogen-bond donors (Lipinski definition) is 1. The van der Waals surface area contributed by atoms with Crippen LogP contribution < -0.4 is 5.43 Å². The zero-order valence-corrected chi connectivity index (χ0v) is 10.6. The zero-order valence-electron chi connectivity index (χ0n) is 10.6. The van der Waals surface area contributed by atoms with E-state index >= 15 is 0 Å². The number of aryl methyl sites for hydroxylation is 2. The van der Waals surface area contributed by atoms with E-state index < -0.39 is 0 Å². The third kappa shape index (κ3) is 1.79. The van der Waals surface area contributed by atoms with Crippen molar-refractivity contribution < 1.29 is 0 Å². The first kappa shape index (κ1) is 11.0. The van der Waals surface area contributed by atoms with Crippen molar-refractivity contribution in [2.24, 2.45) is 4.99 Å². The van der Waals surface area contributed by atoms with Crippen molar-refractivity contribution in [2.75, 3.05) is 18.5 Å². The van der Waals surface area contributed by atoms with Gasteiger partial charge in [-0.15, -0.1) is 0 Å². The Balaban J connectivity index is 2.07. The van der Waals surface area contributed by atoms with Gasteiger partial charge in [-0.3, -0.25) is 20.4 Å². The van der Waals surface area contributed by atoms with Crippen molar-refractivity contribution in [3.05, 3.63) is 35.5 Å². The second-order valence-electron chi connectivity index (χ2n) is 4.59. The molecule has 3 rings (SSSR count). The molecule has 4 heteroatoms. The Morgan fingerprint density at radius 1 is 1.33 bits per heavy atom. The van der Waals surface area contributed by atoms with Gasteiger partial charge in [-0.05, 0) is 37.1 Å². The van der Waals surface area contributed by atoms with E-state index in [1.807, 2.05) is 23.6 Å². The van der Waals surface area contributed by atoms with Crippen LogP contribution in [0.15, 0.2) is 29.4 Å². The third-order valence-corrected chi connectivity index (χ3v) is 3.31. The molecule has 1 aliphatic heterocycles. The highest BCUT2D eigenvalue weighted by molar-refractivity contribution is 5.88. The average Bonchev–Trinajstić information content (AvgIpc) is 2.87. The van der Waals surface area contributed by atoms with E-state index in [2.05, 4.69) is 41.4 Å². The Morgan fingerprint density at radius 3 is 3.00 bits per heavy atom. The molecule has 1 aliphatic rings. The summed E-state index contributed by atoms with van der Waals surface area (Å²) >= 11 is 0. The minimum atomic E-state index is 0.861. The topological polar surface area (TPSA) is 40.5 Å². The minimum absolute atomic E-state index is 0.861. The summed E-state index contributed by atoms with van der Waals surface area (Å²) < 4.78 is 0. The van der Waals surface area contributed by atoms with Crippen molar-refractivity contribution in [1.82, 2.24) is 9.99 Å².